The van der Waals surface area contributed by atoms with Gasteiger partial charge in [-0.3, -0.25) is 0 Å². The Labute approximate surface area is 121 Å². The first kappa shape index (κ1) is 15.0. The van der Waals surface area contributed by atoms with Crippen LogP contribution in [0.2, 0.25) is 0 Å². The Hall–Kier alpha value is -2.43. The van der Waals surface area contributed by atoms with Gasteiger partial charge in [-0.1, -0.05) is 30.3 Å². The van der Waals surface area contributed by atoms with Crippen molar-refractivity contribution in [3.8, 4) is 0 Å². The van der Waals surface area contributed by atoms with Crippen LogP contribution in [0.5, 0.6) is 0 Å². The summed E-state index contributed by atoms with van der Waals surface area (Å²) in [5.74, 6) is -2.37. The van der Waals surface area contributed by atoms with E-state index in [9.17, 15) is 13.6 Å². The largest absolute Gasteiger partial charge is 0.465 e. The lowest BCUT2D eigenvalue weighted by molar-refractivity contribution is 0.0599. The maximum Gasteiger partial charge on any atom is 0.338 e. The number of benzene rings is 2. The van der Waals surface area contributed by atoms with Crippen molar-refractivity contribution in [3.63, 3.8) is 0 Å². The van der Waals surface area contributed by atoms with Crippen LogP contribution >= 0.6 is 0 Å². The van der Waals surface area contributed by atoms with E-state index in [-0.39, 0.29) is 11.3 Å². The number of ether oxygens (including phenoxy) is 1. The predicted molar refractivity (Wildman–Crippen MR) is 76.2 cm³/mol. The normalized spacial score (nSPS) is 10.3. The van der Waals surface area contributed by atoms with E-state index >= 15 is 0 Å². The van der Waals surface area contributed by atoms with Gasteiger partial charge < -0.3 is 9.64 Å². The molecule has 0 saturated heterocycles. The quantitative estimate of drug-likeness (QED) is 0.809. The number of carbonyl (C=O) groups is 1. The van der Waals surface area contributed by atoms with Gasteiger partial charge in [0.2, 0.25) is 0 Å². The molecule has 0 aliphatic heterocycles. The Balaban J connectivity index is 2.29. The van der Waals surface area contributed by atoms with E-state index in [0.29, 0.717) is 6.54 Å². The first-order valence-electron chi connectivity index (χ1n) is 6.35. The highest BCUT2D eigenvalue weighted by atomic mass is 19.1. The molecule has 0 aliphatic carbocycles. The number of hydrogen-bond donors (Lipinski definition) is 0. The highest BCUT2D eigenvalue weighted by Gasteiger charge is 2.18. The van der Waals surface area contributed by atoms with Crippen molar-refractivity contribution in [2.75, 3.05) is 19.1 Å². The van der Waals surface area contributed by atoms with Gasteiger partial charge in [0.05, 0.1) is 12.7 Å². The standard InChI is InChI=1S/C16H15F2NO2/c1-19(10-11-6-4-3-5-7-11)15-13(17)8-12(9-14(15)18)16(20)21-2/h3-9H,10H2,1-2H3. The molecule has 0 amide bonds. The lowest BCUT2D eigenvalue weighted by Gasteiger charge is -2.21. The molecular formula is C16H15F2NO2. The van der Waals surface area contributed by atoms with Crippen molar-refractivity contribution >= 4 is 11.7 Å². The third kappa shape index (κ3) is 3.37. The smallest absolute Gasteiger partial charge is 0.338 e. The molecule has 5 heteroatoms. The molecule has 0 bridgehead atoms. The van der Waals surface area contributed by atoms with Gasteiger partial charge in [0.15, 0.2) is 0 Å². The molecule has 0 aromatic heterocycles. The molecule has 21 heavy (non-hydrogen) atoms. The zero-order chi connectivity index (χ0) is 15.4. The summed E-state index contributed by atoms with van der Waals surface area (Å²) in [4.78, 5) is 12.8. The molecule has 0 saturated carbocycles. The van der Waals surface area contributed by atoms with Crippen LogP contribution in [0.15, 0.2) is 42.5 Å². The molecule has 2 rings (SSSR count). The van der Waals surface area contributed by atoms with E-state index in [2.05, 4.69) is 4.74 Å². The second-order valence-electron chi connectivity index (χ2n) is 4.62. The molecule has 0 atom stereocenters. The van der Waals surface area contributed by atoms with Gasteiger partial charge in [0, 0.05) is 13.6 Å². The minimum absolute atomic E-state index is 0.149. The maximum atomic E-state index is 14.1. The number of halogens is 2. The van der Waals surface area contributed by atoms with E-state index in [1.807, 2.05) is 30.3 Å². The van der Waals surface area contributed by atoms with E-state index in [1.54, 1.807) is 7.05 Å². The van der Waals surface area contributed by atoms with Crippen molar-refractivity contribution in [2.45, 2.75) is 6.54 Å². The van der Waals surface area contributed by atoms with E-state index in [4.69, 9.17) is 0 Å². The Bertz CT molecular complexity index is 621. The van der Waals surface area contributed by atoms with Crippen molar-refractivity contribution in [1.82, 2.24) is 0 Å². The third-order valence-corrected chi connectivity index (χ3v) is 3.08. The van der Waals surface area contributed by atoms with Crippen LogP contribution in [-0.2, 0) is 11.3 Å². The predicted octanol–water partition coefficient (Wildman–Crippen LogP) is 3.39. The summed E-state index contributed by atoms with van der Waals surface area (Å²) < 4.78 is 32.6. The van der Waals surface area contributed by atoms with Crippen LogP contribution < -0.4 is 4.90 Å². The van der Waals surface area contributed by atoms with Crippen LogP contribution in [0.3, 0.4) is 0 Å². The van der Waals surface area contributed by atoms with Crippen molar-refractivity contribution < 1.29 is 18.3 Å². The van der Waals surface area contributed by atoms with Crippen LogP contribution in [0.25, 0.3) is 0 Å². The summed E-state index contributed by atoms with van der Waals surface area (Å²) in [6.45, 7) is 0.353. The fraction of sp³-hybridized carbons (Fsp3) is 0.188. The second-order valence-corrected chi connectivity index (χ2v) is 4.62. The highest BCUT2D eigenvalue weighted by molar-refractivity contribution is 5.89. The summed E-state index contributed by atoms with van der Waals surface area (Å²) in [5.41, 5.74) is 0.603. The van der Waals surface area contributed by atoms with Crippen molar-refractivity contribution in [3.05, 3.63) is 65.2 Å². The van der Waals surface area contributed by atoms with Gasteiger partial charge in [-0.2, -0.15) is 0 Å². The summed E-state index contributed by atoms with van der Waals surface area (Å²) in [6, 6.07) is 11.3. The molecule has 0 unspecified atom stereocenters. The number of methoxy groups -OCH3 is 1. The minimum atomic E-state index is -0.797. The summed E-state index contributed by atoms with van der Waals surface area (Å²) in [7, 11) is 2.75. The lowest BCUT2D eigenvalue weighted by Crippen LogP contribution is -2.20. The van der Waals surface area contributed by atoms with Crippen molar-refractivity contribution in [2.24, 2.45) is 0 Å². The maximum absolute atomic E-state index is 14.1. The number of nitrogens with zero attached hydrogens (tertiary/aromatic N) is 1. The highest BCUT2D eigenvalue weighted by Crippen LogP contribution is 2.25. The molecule has 0 spiro atoms. The molecule has 0 heterocycles. The average molecular weight is 291 g/mol. The molecule has 2 aromatic carbocycles. The Morgan fingerprint density at radius 3 is 2.24 bits per heavy atom. The summed E-state index contributed by atoms with van der Waals surface area (Å²) in [6.07, 6.45) is 0. The number of esters is 1. The van der Waals surface area contributed by atoms with Gasteiger partial charge in [-0.05, 0) is 17.7 Å². The molecule has 110 valence electrons. The lowest BCUT2D eigenvalue weighted by atomic mass is 10.1. The SMILES string of the molecule is COC(=O)c1cc(F)c(N(C)Cc2ccccc2)c(F)c1. The fourth-order valence-corrected chi connectivity index (χ4v) is 2.10. The topological polar surface area (TPSA) is 29.5 Å². The zero-order valence-electron chi connectivity index (χ0n) is 11.8. The van der Waals surface area contributed by atoms with Gasteiger partial charge in [0.1, 0.15) is 17.3 Å². The average Bonchev–Trinajstić information content (AvgIpc) is 2.46. The van der Waals surface area contributed by atoms with Gasteiger partial charge in [0.25, 0.3) is 0 Å². The van der Waals surface area contributed by atoms with Gasteiger partial charge in [-0.15, -0.1) is 0 Å². The third-order valence-electron chi connectivity index (χ3n) is 3.08. The molecule has 0 aliphatic rings. The minimum Gasteiger partial charge on any atom is -0.465 e. The van der Waals surface area contributed by atoms with E-state index in [0.717, 1.165) is 24.8 Å². The van der Waals surface area contributed by atoms with E-state index in [1.165, 1.54) is 4.90 Å². The van der Waals surface area contributed by atoms with Gasteiger partial charge in [-0.25, -0.2) is 13.6 Å². The first-order chi connectivity index (χ1) is 10.0. The molecule has 0 N–H and O–H groups in total. The Kier molecular flexibility index (Phi) is 4.52. The van der Waals surface area contributed by atoms with Crippen LogP contribution in [-0.4, -0.2) is 20.1 Å². The molecule has 0 radical (unpaired) electrons. The Morgan fingerprint density at radius 1 is 1.14 bits per heavy atom. The number of hydrogen-bond acceptors (Lipinski definition) is 3. The fourth-order valence-electron chi connectivity index (χ4n) is 2.10. The molecular weight excluding hydrogens is 276 g/mol. The zero-order valence-corrected chi connectivity index (χ0v) is 11.8. The van der Waals surface area contributed by atoms with Gasteiger partial charge >= 0.3 is 5.97 Å². The summed E-state index contributed by atoms with van der Waals surface area (Å²) in [5, 5.41) is 0. The van der Waals surface area contributed by atoms with Crippen LogP contribution in [0.4, 0.5) is 14.5 Å². The second kappa shape index (κ2) is 6.35. The number of anilines is 1. The Morgan fingerprint density at radius 2 is 1.71 bits per heavy atom. The molecule has 3 nitrogen and oxygen atoms in total. The number of carbonyl (C=O) groups excluding carboxylic acids is 1. The summed E-state index contributed by atoms with van der Waals surface area (Å²) >= 11 is 0. The van der Waals surface area contributed by atoms with E-state index < -0.39 is 17.6 Å². The van der Waals surface area contributed by atoms with Crippen LogP contribution in [0, 0.1) is 11.6 Å². The first-order valence-corrected chi connectivity index (χ1v) is 6.35. The molecule has 2 aromatic rings. The van der Waals surface area contributed by atoms with Crippen LogP contribution in [0.1, 0.15) is 15.9 Å². The number of rotatable bonds is 4. The monoisotopic (exact) mass is 291 g/mol. The van der Waals surface area contributed by atoms with Crippen molar-refractivity contribution in [1.29, 1.82) is 0 Å². The molecule has 0 fully saturated rings.